The lowest BCUT2D eigenvalue weighted by Crippen LogP contribution is -2.13. The summed E-state index contributed by atoms with van der Waals surface area (Å²) in [5.74, 6) is -0.908. The van der Waals surface area contributed by atoms with Crippen LogP contribution in [0.2, 0.25) is 5.02 Å². The smallest absolute Gasteiger partial charge is 0.311 e. The van der Waals surface area contributed by atoms with Gasteiger partial charge < -0.3 is 19.9 Å². The second-order valence-electron chi connectivity index (χ2n) is 4.57. The highest BCUT2D eigenvalue weighted by atomic mass is 35.5. The molecule has 1 amide bonds. The predicted molar refractivity (Wildman–Crippen MR) is 87.3 cm³/mol. The summed E-state index contributed by atoms with van der Waals surface area (Å²) in [4.78, 5) is 22.4. The van der Waals surface area contributed by atoms with E-state index in [1.165, 1.54) is 38.5 Å². The van der Waals surface area contributed by atoms with E-state index >= 15 is 0 Å². The average molecular weight is 353 g/mol. The molecule has 8 nitrogen and oxygen atoms in total. The second-order valence-corrected chi connectivity index (χ2v) is 4.98. The van der Waals surface area contributed by atoms with Gasteiger partial charge in [-0.15, -0.1) is 0 Å². The molecule has 0 saturated heterocycles. The van der Waals surface area contributed by atoms with Gasteiger partial charge in [0, 0.05) is 18.2 Å². The van der Waals surface area contributed by atoms with E-state index < -0.39 is 22.3 Å². The normalized spacial score (nSPS) is 10.1. The first-order valence-electron chi connectivity index (χ1n) is 6.58. The van der Waals surface area contributed by atoms with Crippen LogP contribution in [0.15, 0.2) is 30.3 Å². The minimum Gasteiger partial charge on any atom is -0.502 e. The summed E-state index contributed by atoms with van der Waals surface area (Å²) in [5.41, 5.74) is -0.585. The van der Waals surface area contributed by atoms with Crippen molar-refractivity contribution in [1.29, 1.82) is 0 Å². The number of nitro groups is 1. The molecule has 0 saturated carbocycles. The molecule has 0 heterocycles. The molecular formula is C15H13ClN2O6. The Morgan fingerprint density at radius 2 is 1.92 bits per heavy atom. The Kier molecular flexibility index (Phi) is 5.10. The van der Waals surface area contributed by atoms with Crippen molar-refractivity contribution >= 4 is 28.9 Å². The van der Waals surface area contributed by atoms with Crippen molar-refractivity contribution in [2.45, 2.75) is 0 Å². The lowest BCUT2D eigenvalue weighted by atomic mass is 10.1. The molecule has 0 spiro atoms. The number of phenols is 1. The molecule has 0 aliphatic rings. The Bertz CT molecular complexity index is 809. The molecule has 0 atom stereocenters. The molecule has 2 aromatic rings. The molecule has 0 bridgehead atoms. The van der Waals surface area contributed by atoms with Crippen LogP contribution >= 0.6 is 11.6 Å². The Hall–Kier alpha value is -3.00. The molecule has 24 heavy (non-hydrogen) atoms. The Morgan fingerprint density at radius 3 is 2.50 bits per heavy atom. The van der Waals surface area contributed by atoms with Crippen LogP contribution in [0.25, 0.3) is 0 Å². The number of nitro benzene ring substituents is 1. The van der Waals surface area contributed by atoms with Gasteiger partial charge in [0.15, 0.2) is 0 Å². The van der Waals surface area contributed by atoms with Crippen molar-refractivity contribution in [3.63, 3.8) is 0 Å². The molecule has 0 aliphatic carbocycles. The third kappa shape index (κ3) is 3.33. The third-order valence-electron chi connectivity index (χ3n) is 3.18. The minimum absolute atomic E-state index is 0.231. The fraction of sp³-hybridized carbons (Fsp3) is 0.133. The number of nitrogens with zero attached hydrogens (tertiary/aromatic N) is 1. The zero-order chi connectivity index (χ0) is 17.9. The molecule has 0 fully saturated rings. The van der Waals surface area contributed by atoms with Gasteiger partial charge in [0.05, 0.1) is 35.4 Å². The molecule has 0 radical (unpaired) electrons. The number of phenolic OH excluding ortho intramolecular Hbond substituents is 1. The fourth-order valence-corrected chi connectivity index (χ4v) is 2.24. The van der Waals surface area contributed by atoms with Crippen molar-refractivity contribution < 1.29 is 24.3 Å². The standard InChI is InChI=1S/C15H13ClN2O6/c1-23-12-7-10(13(24-2)6-9(12)16)17-15(20)8-4-3-5-11(14(8)19)18(21)22/h3-7,19H,1-2H3,(H,17,20). The number of carbonyl (C=O) groups excluding carboxylic acids is 1. The zero-order valence-electron chi connectivity index (χ0n) is 12.7. The van der Waals surface area contributed by atoms with Gasteiger partial charge >= 0.3 is 5.69 Å². The minimum atomic E-state index is -0.780. The number of amides is 1. The van der Waals surface area contributed by atoms with Gasteiger partial charge in [-0.05, 0) is 6.07 Å². The summed E-state index contributed by atoms with van der Waals surface area (Å²) in [6.45, 7) is 0. The molecule has 2 rings (SSSR count). The maximum atomic E-state index is 12.3. The van der Waals surface area contributed by atoms with Crippen molar-refractivity contribution in [2.75, 3.05) is 19.5 Å². The first kappa shape index (κ1) is 17.4. The first-order valence-corrected chi connectivity index (χ1v) is 6.96. The van der Waals surface area contributed by atoms with Crippen LogP contribution < -0.4 is 14.8 Å². The van der Waals surface area contributed by atoms with Crippen LogP contribution in [0, 0.1) is 10.1 Å². The number of hydrogen-bond acceptors (Lipinski definition) is 6. The van der Waals surface area contributed by atoms with Crippen LogP contribution in [-0.2, 0) is 0 Å². The van der Waals surface area contributed by atoms with E-state index in [-0.39, 0.29) is 22.0 Å². The highest BCUT2D eigenvalue weighted by Gasteiger charge is 2.22. The molecule has 2 aromatic carbocycles. The zero-order valence-corrected chi connectivity index (χ0v) is 13.5. The van der Waals surface area contributed by atoms with E-state index in [9.17, 15) is 20.0 Å². The summed E-state index contributed by atoms with van der Waals surface area (Å²) < 4.78 is 10.2. The van der Waals surface area contributed by atoms with E-state index in [0.29, 0.717) is 5.75 Å². The number of benzene rings is 2. The molecule has 9 heteroatoms. The van der Waals surface area contributed by atoms with E-state index in [2.05, 4.69) is 5.32 Å². The predicted octanol–water partition coefficient (Wildman–Crippen LogP) is 3.22. The van der Waals surface area contributed by atoms with Crippen LogP contribution in [0.3, 0.4) is 0 Å². The van der Waals surface area contributed by atoms with Crippen molar-refractivity contribution in [1.82, 2.24) is 0 Å². The number of carbonyl (C=O) groups is 1. The summed E-state index contributed by atoms with van der Waals surface area (Å²) in [7, 11) is 2.80. The summed E-state index contributed by atoms with van der Waals surface area (Å²) in [6, 6.07) is 6.54. The number of hydrogen-bond donors (Lipinski definition) is 2. The molecule has 126 valence electrons. The number of anilines is 1. The number of nitrogens with one attached hydrogen (secondary N) is 1. The fourth-order valence-electron chi connectivity index (χ4n) is 2.01. The van der Waals surface area contributed by atoms with Crippen LogP contribution in [0.5, 0.6) is 17.2 Å². The Morgan fingerprint density at radius 1 is 1.25 bits per heavy atom. The van der Waals surface area contributed by atoms with Gasteiger partial charge in [-0.2, -0.15) is 0 Å². The van der Waals surface area contributed by atoms with Gasteiger partial charge in [0.25, 0.3) is 5.91 Å². The van der Waals surface area contributed by atoms with Gasteiger partial charge in [0.1, 0.15) is 11.5 Å². The Balaban J connectivity index is 2.40. The number of aromatic hydroxyl groups is 1. The number of rotatable bonds is 5. The Labute approximate surface area is 141 Å². The lowest BCUT2D eigenvalue weighted by molar-refractivity contribution is -0.385. The number of para-hydroxylation sites is 1. The lowest BCUT2D eigenvalue weighted by Gasteiger charge is -2.13. The van der Waals surface area contributed by atoms with E-state index in [1.54, 1.807) is 0 Å². The largest absolute Gasteiger partial charge is 0.502 e. The molecule has 0 aliphatic heterocycles. The van der Waals surface area contributed by atoms with Gasteiger partial charge in [-0.3, -0.25) is 14.9 Å². The maximum absolute atomic E-state index is 12.3. The quantitative estimate of drug-likeness (QED) is 0.631. The van der Waals surface area contributed by atoms with Crippen LogP contribution in [0.4, 0.5) is 11.4 Å². The second kappa shape index (κ2) is 7.05. The highest BCUT2D eigenvalue weighted by molar-refractivity contribution is 6.32. The first-order chi connectivity index (χ1) is 11.4. The number of ether oxygens (including phenoxy) is 2. The van der Waals surface area contributed by atoms with Crippen molar-refractivity contribution in [3.05, 3.63) is 51.0 Å². The topological polar surface area (TPSA) is 111 Å². The SMILES string of the molecule is COc1cc(NC(=O)c2cccc([N+](=O)[O-])c2O)c(OC)cc1Cl. The maximum Gasteiger partial charge on any atom is 0.311 e. The van der Waals surface area contributed by atoms with Gasteiger partial charge in [-0.1, -0.05) is 17.7 Å². The van der Waals surface area contributed by atoms with Gasteiger partial charge in [0.2, 0.25) is 5.75 Å². The van der Waals surface area contributed by atoms with Gasteiger partial charge in [-0.25, -0.2) is 0 Å². The van der Waals surface area contributed by atoms with Crippen molar-refractivity contribution in [2.24, 2.45) is 0 Å². The number of methoxy groups -OCH3 is 2. The molecule has 0 aromatic heterocycles. The number of halogens is 1. The summed E-state index contributed by atoms with van der Waals surface area (Å²) >= 11 is 5.98. The third-order valence-corrected chi connectivity index (χ3v) is 3.47. The summed E-state index contributed by atoms with van der Waals surface area (Å²) in [5, 5.41) is 23.5. The van der Waals surface area contributed by atoms with E-state index in [1.807, 2.05) is 0 Å². The van der Waals surface area contributed by atoms with E-state index in [4.69, 9.17) is 21.1 Å². The monoisotopic (exact) mass is 352 g/mol. The molecular weight excluding hydrogens is 340 g/mol. The van der Waals surface area contributed by atoms with Crippen molar-refractivity contribution in [3.8, 4) is 17.2 Å². The van der Waals surface area contributed by atoms with Crippen LogP contribution in [-0.4, -0.2) is 30.2 Å². The summed E-state index contributed by atoms with van der Waals surface area (Å²) in [6.07, 6.45) is 0. The van der Waals surface area contributed by atoms with Crippen LogP contribution in [0.1, 0.15) is 10.4 Å². The van der Waals surface area contributed by atoms with E-state index in [0.717, 1.165) is 6.07 Å². The average Bonchev–Trinajstić information content (AvgIpc) is 2.55. The molecule has 0 unspecified atom stereocenters. The highest BCUT2D eigenvalue weighted by Crippen LogP contribution is 2.37. The molecule has 2 N–H and O–H groups in total.